The van der Waals surface area contributed by atoms with Gasteiger partial charge in [-0.1, -0.05) is 29.3 Å². The van der Waals surface area contributed by atoms with Gasteiger partial charge in [0.2, 0.25) is 0 Å². The third kappa shape index (κ3) is 3.82. The molecule has 100 valence electrons. The molecular weight excluding hydrogens is 271 g/mol. The van der Waals surface area contributed by atoms with E-state index in [0.717, 1.165) is 38.2 Å². The lowest BCUT2D eigenvalue weighted by molar-refractivity contribution is 0.00361. The molecular formula is C13H18Cl2N2O. The molecule has 1 aromatic rings. The minimum atomic E-state index is 0.350. The summed E-state index contributed by atoms with van der Waals surface area (Å²) in [5.74, 6) is 0. The van der Waals surface area contributed by atoms with Crippen LogP contribution in [-0.2, 0) is 11.3 Å². The molecule has 3 nitrogen and oxygen atoms in total. The molecule has 0 amide bonds. The first kappa shape index (κ1) is 14.1. The van der Waals surface area contributed by atoms with Gasteiger partial charge in [0.1, 0.15) is 10.3 Å². The second-order valence-electron chi connectivity index (χ2n) is 4.54. The van der Waals surface area contributed by atoms with Crippen molar-refractivity contribution in [3.05, 3.63) is 28.0 Å². The minimum Gasteiger partial charge on any atom is -0.377 e. The Bertz CT molecular complexity index is 399. The summed E-state index contributed by atoms with van der Waals surface area (Å²) in [5.41, 5.74) is 1.03. The molecule has 0 aliphatic carbocycles. The number of nitrogens with zero attached hydrogens (tertiary/aromatic N) is 2. The Morgan fingerprint density at radius 2 is 2.28 bits per heavy atom. The highest BCUT2D eigenvalue weighted by Crippen LogP contribution is 2.21. The maximum Gasteiger partial charge on any atom is 0.135 e. The Kier molecular flexibility index (Phi) is 5.25. The molecule has 0 bridgehead atoms. The van der Waals surface area contributed by atoms with Crippen molar-refractivity contribution in [1.29, 1.82) is 0 Å². The molecule has 1 aliphatic rings. The second-order valence-corrected chi connectivity index (χ2v) is 5.28. The van der Waals surface area contributed by atoms with Crippen LogP contribution < -0.4 is 0 Å². The molecule has 0 radical (unpaired) electrons. The molecule has 0 aromatic carbocycles. The number of aromatic nitrogens is 1. The van der Waals surface area contributed by atoms with Crippen LogP contribution in [0.15, 0.2) is 12.1 Å². The first-order valence-electron chi connectivity index (χ1n) is 6.34. The van der Waals surface area contributed by atoms with Gasteiger partial charge in [-0.25, -0.2) is 4.98 Å². The molecule has 0 N–H and O–H groups in total. The van der Waals surface area contributed by atoms with E-state index in [0.29, 0.717) is 16.4 Å². The van der Waals surface area contributed by atoms with Crippen LogP contribution in [0.5, 0.6) is 0 Å². The summed E-state index contributed by atoms with van der Waals surface area (Å²) in [6, 6.07) is 3.73. The maximum absolute atomic E-state index is 6.09. The zero-order valence-corrected chi connectivity index (χ0v) is 12.0. The average molecular weight is 289 g/mol. The zero-order chi connectivity index (χ0) is 13.0. The Balaban J connectivity index is 1.96. The molecule has 2 heterocycles. The average Bonchev–Trinajstić information content (AvgIpc) is 2.34. The van der Waals surface area contributed by atoms with E-state index in [1.165, 1.54) is 6.42 Å². The Morgan fingerprint density at radius 1 is 1.44 bits per heavy atom. The van der Waals surface area contributed by atoms with Crippen LogP contribution in [0.2, 0.25) is 10.3 Å². The van der Waals surface area contributed by atoms with Crippen LogP contribution in [0.3, 0.4) is 0 Å². The molecule has 0 saturated carbocycles. The van der Waals surface area contributed by atoms with E-state index in [9.17, 15) is 0 Å². The van der Waals surface area contributed by atoms with Crippen molar-refractivity contribution in [3.8, 4) is 0 Å². The Labute approximate surface area is 118 Å². The normalized spacial score (nSPS) is 21.2. The molecule has 5 heteroatoms. The Hall–Kier alpha value is -0.350. The molecule has 0 spiro atoms. The largest absolute Gasteiger partial charge is 0.377 e. The number of pyridine rings is 1. The van der Waals surface area contributed by atoms with Gasteiger partial charge in [-0.15, -0.1) is 0 Å². The fourth-order valence-corrected chi connectivity index (χ4v) is 2.73. The number of halogens is 2. The lowest BCUT2D eigenvalue weighted by Gasteiger charge is -2.32. The molecule has 1 atom stereocenters. The monoisotopic (exact) mass is 288 g/mol. The van der Waals surface area contributed by atoms with E-state index in [-0.39, 0.29) is 0 Å². The number of rotatable bonds is 4. The number of hydrogen-bond acceptors (Lipinski definition) is 3. The highest BCUT2D eigenvalue weighted by atomic mass is 35.5. The summed E-state index contributed by atoms with van der Waals surface area (Å²) in [6.45, 7) is 5.68. The van der Waals surface area contributed by atoms with Crippen molar-refractivity contribution >= 4 is 23.2 Å². The predicted molar refractivity (Wildman–Crippen MR) is 74.2 cm³/mol. The lowest BCUT2D eigenvalue weighted by atomic mass is 10.1. The van der Waals surface area contributed by atoms with E-state index in [1.54, 1.807) is 6.07 Å². The van der Waals surface area contributed by atoms with Crippen LogP contribution in [-0.4, -0.2) is 35.7 Å². The lowest BCUT2D eigenvalue weighted by Crippen LogP contribution is -2.39. The SMILES string of the molecule is CCOC1CCCN(Cc2ccc(Cl)nc2Cl)C1. The third-order valence-corrected chi connectivity index (χ3v) is 3.69. The molecule has 18 heavy (non-hydrogen) atoms. The van der Waals surface area contributed by atoms with Gasteiger partial charge in [0.05, 0.1) is 6.10 Å². The van der Waals surface area contributed by atoms with Gasteiger partial charge in [0.25, 0.3) is 0 Å². The van der Waals surface area contributed by atoms with Gasteiger partial charge in [0, 0.05) is 25.3 Å². The van der Waals surface area contributed by atoms with Gasteiger partial charge in [-0.3, -0.25) is 4.90 Å². The van der Waals surface area contributed by atoms with E-state index >= 15 is 0 Å². The third-order valence-electron chi connectivity index (χ3n) is 3.15. The van der Waals surface area contributed by atoms with Gasteiger partial charge in [-0.2, -0.15) is 0 Å². The maximum atomic E-state index is 6.09. The van der Waals surface area contributed by atoms with Crippen molar-refractivity contribution in [2.45, 2.75) is 32.4 Å². The van der Waals surface area contributed by atoms with Crippen molar-refractivity contribution < 1.29 is 4.74 Å². The van der Waals surface area contributed by atoms with E-state index in [2.05, 4.69) is 9.88 Å². The van der Waals surface area contributed by atoms with Crippen molar-refractivity contribution in [2.24, 2.45) is 0 Å². The van der Waals surface area contributed by atoms with E-state index in [1.807, 2.05) is 13.0 Å². The van der Waals surface area contributed by atoms with Crippen LogP contribution in [0.4, 0.5) is 0 Å². The predicted octanol–water partition coefficient (Wildman–Crippen LogP) is 3.39. The molecule has 1 fully saturated rings. The van der Waals surface area contributed by atoms with Gasteiger partial charge >= 0.3 is 0 Å². The fraction of sp³-hybridized carbons (Fsp3) is 0.615. The van der Waals surface area contributed by atoms with E-state index < -0.39 is 0 Å². The summed E-state index contributed by atoms with van der Waals surface area (Å²) in [7, 11) is 0. The summed E-state index contributed by atoms with van der Waals surface area (Å²) in [6.07, 6.45) is 2.67. The van der Waals surface area contributed by atoms with Crippen molar-refractivity contribution in [1.82, 2.24) is 9.88 Å². The molecule has 1 saturated heterocycles. The van der Waals surface area contributed by atoms with Crippen LogP contribution >= 0.6 is 23.2 Å². The van der Waals surface area contributed by atoms with Gasteiger partial charge in [0.15, 0.2) is 0 Å². The smallest absolute Gasteiger partial charge is 0.135 e. The van der Waals surface area contributed by atoms with Gasteiger partial charge in [-0.05, 0) is 32.4 Å². The first-order chi connectivity index (χ1) is 8.69. The number of piperidine rings is 1. The quantitative estimate of drug-likeness (QED) is 0.794. The van der Waals surface area contributed by atoms with E-state index in [4.69, 9.17) is 27.9 Å². The van der Waals surface area contributed by atoms with Crippen molar-refractivity contribution in [2.75, 3.05) is 19.7 Å². The van der Waals surface area contributed by atoms with Crippen LogP contribution in [0, 0.1) is 0 Å². The highest BCUT2D eigenvalue weighted by Gasteiger charge is 2.20. The second kappa shape index (κ2) is 6.71. The fourth-order valence-electron chi connectivity index (χ4n) is 2.33. The summed E-state index contributed by atoms with van der Waals surface area (Å²) in [5, 5.41) is 0.940. The standard InChI is InChI=1S/C13H18Cl2N2O/c1-2-18-11-4-3-7-17(9-11)8-10-5-6-12(14)16-13(10)15/h5-6,11H,2-4,7-9H2,1H3. The van der Waals surface area contributed by atoms with Crippen molar-refractivity contribution in [3.63, 3.8) is 0 Å². The molecule has 1 aliphatic heterocycles. The van der Waals surface area contributed by atoms with Crippen LogP contribution in [0.1, 0.15) is 25.3 Å². The number of hydrogen-bond donors (Lipinski definition) is 0. The topological polar surface area (TPSA) is 25.4 Å². The Morgan fingerprint density at radius 3 is 3.00 bits per heavy atom. The van der Waals surface area contributed by atoms with Gasteiger partial charge < -0.3 is 4.74 Å². The molecule has 1 unspecified atom stereocenters. The number of likely N-dealkylation sites (tertiary alicyclic amines) is 1. The summed E-state index contributed by atoms with van der Waals surface area (Å²) < 4.78 is 5.69. The molecule has 1 aromatic heterocycles. The zero-order valence-electron chi connectivity index (χ0n) is 10.5. The summed E-state index contributed by atoms with van der Waals surface area (Å²) >= 11 is 11.9. The van der Waals surface area contributed by atoms with Crippen LogP contribution in [0.25, 0.3) is 0 Å². The summed E-state index contributed by atoms with van der Waals surface area (Å²) in [4.78, 5) is 6.43. The first-order valence-corrected chi connectivity index (χ1v) is 7.09. The number of ether oxygens (including phenoxy) is 1. The molecule has 2 rings (SSSR count). The highest BCUT2D eigenvalue weighted by molar-refractivity contribution is 6.32. The minimum absolute atomic E-state index is 0.350.